The number of aliphatic hydroxyl groups is 1. The second-order valence-electron chi connectivity index (χ2n) is 7.63. The molecule has 0 aliphatic carbocycles. The minimum atomic E-state index is -0.535. The molecule has 0 amide bonds. The molecule has 0 bridgehead atoms. The second kappa shape index (κ2) is 9.53. The maximum Gasteiger partial charge on any atom is 0.191 e. The van der Waals surface area contributed by atoms with Gasteiger partial charge in [0.2, 0.25) is 0 Å². The Hall–Kier alpha value is -1.63. The molecule has 2 heterocycles. The molecule has 1 fully saturated rings. The standard InChI is InChI=1S/C21H32N4OS/c1-15(2)25-10-6-7-16(14-25)12-23-21(22-3)24-13-18(26)20-11-17-8-4-5-9-19(17)27-20/h4-5,8-9,11,15-16,18,26H,6-7,10,12-14H2,1-3H3,(H2,22,23,24). The molecule has 2 aromatic rings. The zero-order valence-corrected chi connectivity index (χ0v) is 17.4. The van der Waals surface area contributed by atoms with E-state index in [2.05, 4.69) is 52.6 Å². The number of hydrogen-bond acceptors (Lipinski definition) is 4. The maximum absolute atomic E-state index is 10.5. The quantitative estimate of drug-likeness (QED) is 0.525. The minimum absolute atomic E-state index is 0.454. The number of benzene rings is 1. The minimum Gasteiger partial charge on any atom is -0.386 e. The van der Waals surface area contributed by atoms with Crippen LogP contribution in [0.2, 0.25) is 0 Å². The summed E-state index contributed by atoms with van der Waals surface area (Å²) in [5, 5.41) is 18.4. The van der Waals surface area contributed by atoms with Crippen molar-refractivity contribution in [1.82, 2.24) is 15.5 Å². The number of nitrogens with zero attached hydrogens (tertiary/aromatic N) is 2. The molecule has 1 saturated heterocycles. The van der Waals surface area contributed by atoms with Gasteiger partial charge in [0.15, 0.2) is 5.96 Å². The number of rotatable bonds is 6. The van der Waals surface area contributed by atoms with Crippen LogP contribution in [0.4, 0.5) is 0 Å². The molecule has 1 aromatic carbocycles. The number of nitrogens with one attached hydrogen (secondary N) is 2. The van der Waals surface area contributed by atoms with Crippen LogP contribution in [0.1, 0.15) is 37.7 Å². The zero-order valence-electron chi connectivity index (χ0n) is 16.6. The predicted octanol–water partition coefficient (Wildman–Crippen LogP) is 3.22. The van der Waals surface area contributed by atoms with Crippen LogP contribution in [-0.2, 0) is 0 Å². The van der Waals surface area contributed by atoms with Gasteiger partial charge in [0.05, 0.1) is 0 Å². The lowest BCUT2D eigenvalue weighted by atomic mass is 9.97. The molecular formula is C21H32N4OS. The summed E-state index contributed by atoms with van der Waals surface area (Å²) in [5.41, 5.74) is 0. The smallest absolute Gasteiger partial charge is 0.191 e. The van der Waals surface area contributed by atoms with Crippen molar-refractivity contribution >= 4 is 27.4 Å². The number of likely N-dealkylation sites (tertiary alicyclic amines) is 1. The van der Waals surface area contributed by atoms with Crippen LogP contribution in [0.25, 0.3) is 10.1 Å². The molecular weight excluding hydrogens is 356 g/mol. The molecule has 0 radical (unpaired) electrons. The van der Waals surface area contributed by atoms with Crippen molar-refractivity contribution in [2.45, 2.75) is 38.8 Å². The van der Waals surface area contributed by atoms with Gasteiger partial charge in [0.1, 0.15) is 6.10 Å². The van der Waals surface area contributed by atoms with E-state index in [-0.39, 0.29) is 0 Å². The predicted molar refractivity (Wildman–Crippen MR) is 116 cm³/mol. The van der Waals surface area contributed by atoms with Gasteiger partial charge >= 0.3 is 0 Å². The molecule has 148 valence electrons. The molecule has 0 spiro atoms. The summed E-state index contributed by atoms with van der Waals surface area (Å²) in [4.78, 5) is 7.85. The lowest BCUT2D eigenvalue weighted by Gasteiger charge is -2.35. The third-order valence-corrected chi connectivity index (χ3v) is 6.52. The number of hydrogen-bond donors (Lipinski definition) is 3. The van der Waals surface area contributed by atoms with E-state index in [0.717, 1.165) is 23.9 Å². The van der Waals surface area contributed by atoms with Crippen LogP contribution in [-0.4, -0.2) is 55.2 Å². The molecule has 1 aromatic heterocycles. The van der Waals surface area contributed by atoms with Crippen LogP contribution in [0.5, 0.6) is 0 Å². The van der Waals surface area contributed by atoms with E-state index in [9.17, 15) is 5.11 Å². The summed E-state index contributed by atoms with van der Waals surface area (Å²) >= 11 is 1.65. The first-order valence-corrected chi connectivity index (χ1v) is 10.7. The summed E-state index contributed by atoms with van der Waals surface area (Å²) in [6, 6.07) is 10.9. The van der Waals surface area contributed by atoms with E-state index in [4.69, 9.17) is 0 Å². The van der Waals surface area contributed by atoms with E-state index in [0.29, 0.717) is 18.5 Å². The Morgan fingerprint density at radius 2 is 2.15 bits per heavy atom. The van der Waals surface area contributed by atoms with E-state index in [1.165, 1.54) is 29.5 Å². The fraction of sp³-hybridized carbons (Fsp3) is 0.571. The van der Waals surface area contributed by atoms with Crippen LogP contribution >= 0.6 is 11.3 Å². The number of thiophene rings is 1. The number of aliphatic imine (C=N–C) groups is 1. The summed E-state index contributed by atoms with van der Waals surface area (Å²) in [5.74, 6) is 1.41. The molecule has 2 atom stereocenters. The SMILES string of the molecule is CN=C(NCC1CCCN(C(C)C)C1)NCC(O)c1cc2ccccc2s1. The van der Waals surface area contributed by atoms with Gasteiger partial charge in [-0.05, 0) is 56.7 Å². The van der Waals surface area contributed by atoms with Gasteiger partial charge in [0.25, 0.3) is 0 Å². The van der Waals surface area contributed by atoms with E-state index >= 15 is 0 Å². The monoisotopic (exact) mass is 388 g/mol. The molecule has 5 nitrogen and oxygen atoms in total. The van der Waals surface area contributed by atoms with Crippen molar-refractivity contribution in [1.29, 1.82) is 0 Å². The molecule has 1 aliphatic rings. The molecule has 3 N–H and O–H groups in total. The third kappa shape index (κ3) is 5.43. The lowest BCUT2D eigenvalue weighted by Crippen LogP contribution is -2.46. The van der Waals surface area contributed by atoms with Gasteiger partial charge in [-0.2, -0.15) is 0 Å². The summed E-state index contributed by atoms with van der Waals surface area (Å²) < 4.78 is 1.21. The van der Waals surface area contributed by atoms with Crippen LogP contribution < -0.4 is 10.6 Å². The molecule has 27 heavy (non-hydrogen) atoms. The fourth-order valence-corrected chi connectivity index (χ4v) is 4.71. The highest BCUT2D eigenvalue weighted by atomic mass is 32.1. The highest BCUT2D eigenvalue weighted by Crippen LogP contribution is 2.29. The number of fused-ring (bicyclic) bond motifs is 1. The Balaban J connectivity index is 1.47. The molecule has 1 aliphatic heterocycles. The van der Waals surface area contributed by atoms with E-state index < -0.39 is 6.10 Å². The summed E-state index contributed by atoms with van der Waals surface area (Å²) in [6.45, 7) is 8.27. The van der Waals surface area contributed by atoms with Crippen molar-refractivity contribution in [3.05, 3.63) is 35.2 Å². The highest BCUT2D eigenvalue weighted by Gasteiger charge is 2.21. The summed E-state index contributed by atoms with van der Waals surface area (Å²) in [6.07, 6.45) is 1.99. The van der Waals surface area contributed by atoms with Crippen LogP contribution in [0, 0.1) is 5.92 Å². The Morgan fingerprint density at radius 1 is 1.33 bits per heavy atom. The average molecular weight is 389 g/mol. The Morgan fingerprint density at radius 3 is 2.89 bits per heavy atom. The van der Waals surface area contributed by atoms with Crippen molar-refractivity contribution in [2.24, 2.45) is 10.9 Å². The van der Waals surface area contributed by atoms with Crippen LogP contribution in [0.3, 0.4) is 0 Å². The number of aliphatic hydroxyl groups excluding tert-OH is 1. The zero-order chi connectivity index (χ0) is 19.2. The topological polar surface area (TPSA) is 59.9 Å². The third-order valence-electron chi connectivity index (χ3n) is 5.30. The van der Waals surface area contributed by atoms with Crippen molar-refractivity contribution < 1.29 is 5.11 Å². The molecule has 6 heteroatoms. The van der Waals surface area contributed by atoms with Gasteiger partial charge in [-0.3, -0.25) is 4.99 Å². The van der Waals surface area contributed by atoms with E-state index in [1.807, 2.05) is 12.1 Å². The fourth-order valence-electron chi connectivity index (χ4n) is 3.66. The first-order valence-electron chi connectivity index (χ1n) is 9.92. The normalized spacial score (nSPS) is 20.2. The van der Waals surface area contributed by atoms with Crippen molar-refractivity contribution in [2.75, 3.05) is 33.2 Å². The molecule has 2 unspecified atom stereocenters. The van der Waals surface area contributed by atoms with Crippen molar-refractivity contribution in [3.63, 3.8) is 0 Å². The highest BCUT2D eigenvalue weighted by molar-refractivity contribution is 7.19. The largest absolute Gasteiger partial charge is 0.386 e. The first kappa shape index (κ1) is 20.1. The van der Waals surface area contributed by atoms with Gasteiger partial charge in [0, 0.05) is 42.3 Å². The van der Waals surface area contributed by atoms with Crippen LogP contribution in [0.15, 0.2) is 35.3 Å². The summed E-state index contributed by atoms with van der Waals surface area (Å²) in [7, 11) is 1.78. The van der Waals surface area contributed by atoms with E-state index in [1.54, 1.807) is 18.4 Å². The van der Waals surface area contributed by atoms with Gasteiger partial charge in [-0.15, -0.1) is 11.3 Å². The number of guanidine groups is 1. The average Bonchev–Trinajstić information content (AvgIpc) is 3.12. The Kier molecular flexibility index (Phi) is 7.10. The molecule has 3 rings (SSSR count). The molecule has 0 saturated carbocycles. The van der Waals surface area contributed by atoms with Crippen molar-refractivity contribution in [3.8, 4) is 0 Å². The first-order chi connectivity index (χ1) is 13.1. The number of piperidine rings is 1. The van der Waals surface area contributed by atoms with Gasteiger partial charge in [-0.25, -0.2) is 0 Å². The maximum atomic E-state index is 10.5. The Labute approximate surface area is 166 Å². The Bertz CT molecular complexity index is 724. The lowest BCUT2D eigenvalue weighted by molar-refractivity contribution is 0.141. The van der Waals surface area contributed by atoms with Gasteiger partial charge < -0.3 is 20.6 Å². The second-order valence-corrected chi connectivity index (χ2v) is 8.75. The van der Waals surface area contributed by atoms with Gasteiger partial charge in [-0.1, -0.05) is 18.2 Å².